The van der Waals surface area contributed by atoms with Crippen molar-refractivity contribution in [3.05, 3.63) is 70.9 Å². The molecule has 1 aromatic heterocycles. The zero-order valence-corrected chi connectivity index (χ0v) is 23.9. The third-order valence-corrected chi connectivity index (χ3v) is 8.23. The number of amides is 1. The van der Waals surface area contributed by atoms with E-state index in [0.717, 1.165) is 67.5 Å². The molecule has 0 bridgehead atoms. The van der Waals surface area contributed by atoms with Crippen LogP contribution in [0.3, 0.4) is 0 Å². The molecule has 1 spiro atoms. The molecule has 41 heavy (non-hydrogen) atoms. The van der Waals surface area contributed by atoms with Gasteiger partial charge in [-0.2, -0.15) is 13.2 Å². The molecule has 1 aliphatic heterocycles. The minimum absolute atomic E-state index is 0.0400. The number of halogens is 3. The molecule has 2 aliphatic rings. The van der Waals surface area contributed by atoms with Gasteiger partial charge in [0, 0.05) is 18.5 Å². The normalized spacial score (nSPS) is 16.6. The number of hydrogen-bond donors (Lipinski definition) is 0. The Labute approximate surface area is 239 Å². The van der Waals surface area contributed by atoms with Gasteiger partial charge in [-0.25, -0.2) is 0 Å². The molecule has 0 radical (unpaired) electrons. The number of amidine groups is 1. The number of rotatable bonds is 10. The maximum Gasteiger partial charge on any atom is 0.406 e. The summed E-state index contributed by atoms with van der Waals surface area (Å²) in [6.45, 7) is 4.67. The first-order valence-corrected chi connectivity index (χ1v) is 14.4. The molecule has 218 valence electrons. The van der Waals surface area contributed by atoms with E-state index in [1.54, 1.807) is 13.8 Å². The van der Waals surface area contributed by atoms with Gasteiger partial charge in [0.05, 0.1) is 12.2 Å². The number of unbranched alkanes of at least 4 members (excludes halogenated alkanes) is 1. The highest BCUT2D eigenvalue weighted by Gasteiger charge is 2.49. The Morgan fingerprint density at radius 3 is 2.44 bits per heavy atom. The highest BCUT2D eigenvalue weighted by atomic mass is 19.4. The fraction of sp³-hybridized carbons (Fsp3) is 0.469. The largest absolute Gasteiger partial charge is 0.406 e. The number of carbonyl (C=O) groups excluding carboxylic acids is 1. The van der Waals surface area contributed by atoms with Gasteiger partial charge in [0.15, 0.2) is 0 Å². The summed E-state index contributed by atoms with van der Waals surface area (Å²) in [7, 11) is 0. The molecule has 2 aromatic carbocycles. The van der Waals surface area contributed by atoms with Gasteiger partial charge >= 0.3 is 6.18 Å². The number of alkyl halides is 3. The van der Waals surface area contributed by atoms with Gasteiger partial charge in [0.2, 0.25) is 5.88 Å². The molecule has 0 saturated heterocycles. The summed E-state index contributed by atoms with van der Waals surface area (Å²) in [5.41, 5.74) is 3.78. The third-order valence-electron chi connectivity index (χ3n) is 8.23. The van der Waals surface area contributed by atoms with Gasteiger partial charge in [-0.3, -0.25) is 14.7 Å². The van der Waals surface area contributed by atoms with Crippen LogP contribution in [-0.2, 0) is 17.9 Å². The number of benzene rings is 2. The van der Waals surface area contributed by atoms with Gasteiger partial charge in [0.1, 0.15) is 17.9 Å². The second-order valence-electron chi connectivity index (χ2n) is 11.3. The summed E-state index contributed by atoms with van der Waals surface area (Å²) in [4.78, 5) is 21.7. The average molecular weight is 567 g/mol. The Hall–Kier alpha value is -3.62. The molecule has 2 heterocycles. The molecule has 0 N–H and O–H groups in total. The Bertz CT molecular complexity index is 1410. The molecule has 9 heteroatoms. The van der Waals surface area contributed by atoms with Crippen molar-refractivity contribution in [1.82, 2.24) is 10.1 Å². The molecule has 3 aromatic rings. The lowest BCUT2D eigenvalue weighted by molar-refractivity contribution is -0.131. The summed E-state index contributed by atoms with van der Waals surface area (Å²) in [5, 5.41) is 3.91. The Morgan fingerprint density at radius 1 is 1.07 bits per heavy atom. The summed E-state index contributed by atoms with van der Waals surface area (Å²) in [6, 6.07) is 15.4. The molecule has 0 unspecified atom stereocenters. The minimum Gasteiger partial charge on any atom is -0.338 e. The smallest absolute Gasteiger partial charge is 0.338 e. The van der Waals surface area contributed by atoms with Gasteiger partial charge < -0.3 is 9.42 Å². The third kappa shape index (κ3) is 6.19. The van der Waals surface area contributed by atoms with Crippen LogP contribution >= 0.6 is 0 Å². The molecule has 1 fully saturated rings. The molecular formula is C32H37F3N4O2. The molecule has 6 nitrogen and oxygen atoms in total. The van der Waals surface area contributed by atoms with Crippen molar-refractivity contribution in [1.29, 1.82) is 0 Å². The highest BCUT2D eigenvalue weighted by molar-refractivity contribution is 6.08. The molecule has 0 atom stereocenters. The van der Waals surface area contributed by atoms with Crippen molar-refractivity contribution in [3.63, 3.8) is 0 Å². The SMILES string of the molecule is CCCCC1=NC2(CCCC2)C(=O)N1Cc1ccc(-c2ccccc2)c(CN(CC(F)(F)F)c2onc(C)c2C)c1. The summed E-state index contributed by atoms with van der Waals surface area (Å²) >= 11 is 0. The van der Waals surface area contributed by atoms with Crippen LogP contribution in [-0.4, -0.2) is 40.1 Å². The van der Waals surface area contributed by atoms with E-state index in [-0.39, 0.29) is 18.3 Å². The van der Waals surface area contributed by atoms with Crippen molar-refractivity contribution in [2.75, 3.05) is 11.4 Å². The van der Waals surface area contributed by atoms with E-state index in [2.05, 4.69) is 12.1 Å². The lowest BCUT2D eigenvalue weighted by Crippen LogP contribution is -2.40. The Balaban J connectivity index is 1.51. The first-order chi connectivity index (χ1) is 19.6. The van der Waals surface area contributed by atoms with Gasteiger partial charge in [0.25, 0.3) is 5.91 Å². The lowest BCUT2D eigenvalue weighted by atomic mass is 9.96. The van der Waals surface area contributed by atoms with Crippen LogP contribution in [0.15, 0.2) is 58.0 Å². The number of nitrogens with zero attached hydrogens (tertiary/aromatic N) is 4. The first-order valence-electron chi connectivity index (χ1n) is 14.4. The maximum atomic E-state index is 13.8. The Kier molecular flexibility index (Phi) is 8.25. The van der Waals surface area contributed by atoms with Crippen LogP contribution in [0.5, 0.6) is 0 Å². The van der Waals surface area contributed by atoms with Crippen molar-refractivity contribution in [3.8, 4) is 11.1 Å². The highest BCUT2D eigenvalue weighted by Crippen LogP contribution is 2.40. The quantitative estimate of drug-likeness (QED) is 0.252. The molecular weight excluding hydrogens is 529 g/mol. The van der Waals surface area contributed by atoms with Crippen LogP contribution in [0.1, 0.15) is 74.3 Å². The van der Waals surface area contributed by atoms with Crippen LogP contribution in [0.4, 0.5) is 19.1 Å². The first kappa shape index (κ1) is 28.9. The molecule has 5 rings (SSSR count). The van der Waals surface area contributed by atoms with Crippen LogP contribution < -0.4 is 4.90 Å². The number of carbonyl (C=O) groups is 1. The fourth-order valence-corrected chi connectivity index (χ4v) is 5.98. The van der Waals surface area contributed by atoms with Crippen LogP contribution in [0, 0.1) is 13.8 Å². The summed E-state index contributed by atoms with van der Waals surface area (Å²) in [5.74, 6) is 0.997. The lowest BCUT2D eigenvalue weighted by Gasteiger charge is -2.26. The second kappa shape index (κ2) is 11.7. The van der Waals surface area contributed by atoms with E-state index in [1.807, 2.05) is 53.4 Å². The number of aryl methyl sites for hydroxylation is 1. The van der Waals surface area contributed by atoms with Gasteiger partial charge in [-0.1, -0.05) is 79.9 Å². The van der Waals surface area contributed by atoms with Crippen LogP contribution in [0.25, 0.3) is 11.1 Å². The minimum atomic E-state index is -4.44. The standard InChI is InChI=1S/C32H37F3N4O2/c1-4-5-13-28-36-31(16-9-10-17-31)30(40)39(28)19-24-14-15-27(25-11-7-6-8-12-25)26(18-24)20-38(21-32(33,34)35)29-22(2)23(3)37-41-29/h6-8,11-12,14-15,18H,4-5,9-10,13,16-17,19-21H2,1-3H3. The van der Waals surface area contributed by atoms with Crippen molar-refractivity contribution >= 4 is 17.6 Å². The molecule has 1 amide bonds. The summed E-state index contributed by atoms with van der Waals surface area (Å²) < 4.78 is 46.7. The van der Waals surface area contributed by atoms with Crippen LogP contribution in [0.2, 0.25) is 0 Å². The van der Waals surface area contributed by atoms with E-state index < -0.39 is 18.3 Å². The van der Waals surface area contributed by atoms with E-state index in [0.29, 0.717) is 23.4 Å². The number of aromatic nitrogens is 1. The van der Waals surface area contributed by atoms with Gasteiger partial charge in [-0.05, 0) is 55.4 Å². The fourth-order valence-electron chi connectivity index (χ4n) is 5.98. The number of anilines is 1. The van der Waals surface area contributed by atoms with E-state index in [9.17, 15) is 18.0 Å². The number of aliphatic imine (C=N–C) groups is 1. The zero-order chi connectivity index (χ0) is 29.2. The summed E-state index contributed by atoms with van der Waals surface area (Å²) in [6.07, 6.45) is 1.78. The molecule has 1 aliphatic carbocycles. The predicted molar refractivity (Wildman–Crippen MR) is 154 cm³/mol. The predicted octanol–water partition coefficient (Wildman–Crippen LogP) is 7.77. The van der Waals surface area contributed by atoms with Crippen molar-refractivity contribution < 1.29 is 22.5 Å². The monoisotopic (exact) mass is 566 g/mol. The average Bonchev–Trinajstić information content (AvgIpc) is 3.62. The van der Waals surface area contributed by atoms with Gasteiger partial charge in [-0.15, -0.1) is 0 Å². The van der Waals surface area contributed by atoms with E-state index in [4.69, 9.17) is 9.52 Å². The topological polar surface area (TPSA) is 61.9 Å². The van der Waals surface area contributed by atoms with E-state index >= 15 is 0 Å². The van der Waals surface area contributed by atoms with Crippen molar-refractivity contribution in [2.45, 2.75) is 90.5 Å². The second-order valence-corrected chi connectivity index (χ2v) is 11.3. The maximum absolute atomic E-state index is 13.8. The molecule has 1 saturated carbocycles. The van der Waals surface area contributed by atoms with Crippen molar-refractivity contribution in [2.24, 2.45) is 4.99 Å². The van der Waals surface area contributed by atoms with E-state index in [1.165, 1.54) is 4.90 Å². The Morgan fingerprint density at radius 2 is 1.80 bits per heavy atom. The zero-order valence-electron chi connectivity index (χ0n) is 23.9. The number of hydrogen-bond acceptors (Lipinski definition) is 5.